The van der Waals surface area contributed by atoms with Crippen LogP contribution in [-0.2, 0) is 13.2 Å². The van der Waals surface area contributed by atoms with Crippen molar-refractivity contribution < 1.29 is 24.2 Å². The maximum absolute atomic E-state index is 11.3. The van der Waals surface area contributed by atoms with Gasteiger partial charge in [0.1, 0.15) is 36.6 Å². The smallest absolute Gasteiger partial charge is 0.335 e. The molecule has 128 valence electrons. The summed E-state index contributed by atoms with van der Waals surface area (Å²) in [6, 6.07) is 7.18. The third kappa shape index (κ3) is 4.02. The van der Waals surface area contributed by atoms with E-state index >= 15 is 0 Å². The summed E-state index contributed by atoms with van der Waals surface area (Å²) < 4.78 is 12.1. The van der Waals surface area contributed by atoms with E-state index in [0.29, 0.717) is 17.2 Å². The summed E-state index contributed by atoms with van der Waals surface area (Å²) in [5.74, 6) is -0.630. The van der Waals surface area contributed by atoms with E-state index in [1.54, 1.807) is 18.3 Å². The number of carboxylic acid groups (broad SMARTS) is 1. The van der Waals surface area contributed by atoms with E-state index in [1.807, 2.05) is 0 Å². The summed E-state index contributed by atoms with van der Waals surface area (Å²) >= 11 is 0. The number of aromatic carboxylic acids is 1. The lowest BCUT2D eigenvalue weighted by atomic mass is 10.2. The summed E-state index contributed by atoms with van der Waals surface area (Å²) in [6.07, 6.45) is 2.60. The number of aromatic hydroxyl groups is 1. The quantitative estimate of drug-likeness (QED) is 0.685. The number of hydrogen-bond acceptors (Lipinski definition) is 7. The second-order valence-corrected chi connectivity index (χ2v) is 5.12. The number of nitrogens with zero attached hydrogens (tertiary/aromatic N) is 3. The Morgan fingerprint density at radius 1 is 1.28 bits per heavy atom. The van der Waals surface area contributed by atoms with Crippen molar-refractivity contribution in [2.45, 2.75) is 13.2 Å². The molecule has 2 heterocycles. The Labute approximate surface area is 140 Å². The molecule has 9 heteroatoms. The lowest BCUT2D eigenvalue weighted by Gasteiger charge is -2.03. The van der Waals surface area contributed by atoms with Gasteiger partial charge in [-0.1, -0.05) is 5.21 Å². The Kier molecular flexibility index (Phi) is 4.46. The lowest BCUT2D eigenvalue weighted by Crippen LogP contribution is -2.05. The first-order valence-electron chi connectivity index (χ1n) is 7.17. The van der Waals surface area contributed by atoms with Crippen LogP contribution in [0.4, 0.5) is 0 Å². The molecule has 2 aromatic heterocycles. The van der Waals surface area contributed by atoms with Gasteiger partial charge in [-0.15, -0.1) is 5.10 Å². The van der Waals surface area contributed by atoms with E-state index in [4.69, 9.17) is 19.4 Å². The summed E-state index contributed by atoms with van der Waals surface area (Å²) in [6.45, 7) is 0.321. The van der Waals surface area contributed by atoms with Gasteiger partial charge < -0.3 is 19.4 Å². The van der Waals surface area contributed by atoms with E-state index in [0.717, 1.165) is 6.26 Å². The number of aromatic nitrogens is 3. The molecule has 0 unspecified atom stereocenters. The zero-order chi connectivity index (χ0) is 17.8. The van der Waals surface area contributed by atoms with Crippen molar-refractivity contribution in [3.05, 3.63) is 70.0 Å². The molecule has 0 amide bonds. The van der Waals surface area contributed by atoms with Gasteiger partial charge in [-0.3, -0.25) is 4.79 Å². The van der Waals surface area contributed by atoms with Crippen molar-refractivity contribution in [3.63, 3.8) is 0 Å². The third-order valence-electron chi connectivity index (χ3n) is 3.26. The van der Waals surface area contributed by atoms with E-state index in [9.17, 15) is 9.59 Å². The fraction of sp³-hybridized carbons (Fsp3) is 0.125. The molecule has 0 aliphatic carbocycles. The van der Waals surface area contributed by atoms with Crippen molar-refractivity contribution >= 4 is 5.97 Å². The van der Waals surface area contributed by atoms with Crippen LogP contribution in [0.2, 0.25) is 0 Å². The first kappa shape index (κ1) is 16.2. The molecule has 3 aromatic rings. The minimum Gasteiger partial charge on any atom is -0.502 e. The highest BCUT2D eigenvalue weighted by molar-refractivity contribution is 5.87. The second kappa shape index (κ2) is 6.87. The normalized spacial score (nSPS) is 10.6. The van der Waals surface area contributed by atoms with Gasteiger partial charge >= 0.3 is 5.97 Å². The maximum atomic E-state index is 11.3. The second-order valence-electron chi connectivity index (χ2n) is 5.12. The van der Waals surface area contributed by atoms with Crippen LogP contribution in [-0.4, -0.2) is 31.2 Å². The summed E-state index contributed by atoms with van der Waals surface area (Å²) in [7, 11) is 0. The molecule has 25 heavy (non-hydrogen) atoms. The zero-order valence-electron chi connectivity index (χ0n) is 12.8. The molecule has 0 atom stereocenters. The first-order valence-corrected chi connectivity index (χ1v) is 7.17. The molecule has 3 rings (SSSR count). The predicted molar refractivity (Wildman–Crippen MR) is 83.5 cm³/mol. The van der Waals surface area contributed by atoms with Crippen LogP contribution in [0.15, 0.2) is 52.0 Å². The fourth-order valence-electron chi connectivity index (χ4n) is 2.02. The molecule has 0 spiro atoms. The van der Waals surface area contributed by atoms with Crippen molar-refractivity contribution in [1.29, 1.82) is 0 Å². The fourth-order valence-corrected chi connectivity index (χ4v) is 2.02. The van der Waals surface area contributed by atoms with Crippen LogP contribution >= 0.6 is 0 Å². The van der Waals surface area contributed by atoms with Crippen LogP contribution in [0.25, 0.3) is 0 Å². The Morgan fingerprint density at radius 2 is 2.04 bits per heavy atom. The molecule has 1 aromatic carbocycles. The average molecular weight is 343 g/mol. The Morgan fingerprint density at radius 3 is 2.72 bits per heavy atom. The molecule has 0 aliphatic rings. The van der Waals surface area contributed by atoms with Crippen LogP contribution in [0.3, 0.4) is 0 Å². The number of rotatable bonds is 6. The zero-order valence-corrected chi connectivity index (χ0v) is 12.8. The SMILES string of the molecule is O=C(O)c1ccc(OCc2cn(Cc3cc(=O)c(O)co3)nn2)cc1. The topological polar surface area (TPSA) is 128 Å². The van der Waals surface area contributed by atoms with E-state index in [1.165, 1.54) is 22.9 Å². The number of hydrogen-bond donors (Lipinski definition) is 2. The number of carboxylic acids is 1. The minimum atomic E-state index is -1.00. The van der Waals surface area contributed by atoms with E-state index in [2.05, 4.69) is 10.3 Å². The summed E-state index contributed by atoms with van der Waals surface area (Å²) in [5, 5.41) is 25.8. The van der Waals surface area contributed by atoms with E-state index in [-0.39, 0.29) is 18.7 Å². The predicted octanol–water partition coefficient (Wildman–Crippen LogP) is 1.26. The van der Waals surface area contributed by atoms with Gasteiger partial charge in [-0.25, -0.2) is 9.48 Å². The molecule has 2 N–H and O–H groups in total. The molecule has 0 bridgehead atoms. The molecule has 0 fully saturated rings. The number of benzene rings is 1. The largest absolute Gasteiger partial charge is 0.502 e. The molecular weight excluding hydrogens is 330 g/mol. The van der Waals surface area contributed by atoms with Gasteiger partial charge in [0.05, 0.1) is 11.8 Å². The summed E-state index contributed by atoms with van der Waals surface area (Å²) in [4.78, 5) is 22.1. The Bertz CT molecular complexity index is 945. The van der Waals surface area contributed by atoms with Crippen LogP contribution < -0.4 is 10.2 Å². The first-order chi connectivity index (χ1) is 12.0. The Balaban J connectivity index is 1.60. The minimum absolute atomic E-state index is 0.145. The van der Waals surface area contributed by atoms with Crippen molar-refractivity contribution in [2.24, 2.45) is 0 Å². The van der Waals surface area contributed by atoms with Crippen molar-refractivity contribution in [1.82, 2.24) is 15.0 Å². The van der Waals surface area contributed by atoms with Crippen LogP contribution in [0, 0.1) is 0 Å². The van der Waals surface area contributed by atoms with Crippen LogP contribution in [0.1, 0.15) is 21.8 Å². The van der Waals surface area contributed by atoms with E-state index < -0.39 is 17.1 Å². The molecule has 0 saturated heterocycles. The van der Waals surface area contributed by atoms with Crippen molar-refractivity contribution in [2.75, 3.05) is 0 Å². The highest BCUT2D eigenvalue weighted by atomic mass is 16.5. The summed E-state index contributed by atoms with van der Waals surface area (Å²) in [5.41, 5.74) is 0.187. The van der Waals surface area contributed by atoms with Gasteiger partial charge in [-0.05, 0) is 24.3 Å². The molecule has 0 radical (unpaired) electrons. The average Bonchev–Trinajstić information content (AvgIpc) is 3.04. The van der Waals surface area contributed by atoms with Crippen molar-refractivity contribution in [3.8, 4) is 11.5 Å². The number of ether oxygens (including phenoxy) is 1. The van der Waals surface area contributed by atoms with Gasteiger partial charge in [-0.2, -0.15) is 0 Å². The van der Waals surface area contributed by atoms with Gasteiger partial charge in [0.2, 0.25) is 5.43 Å². The van der Waals surface area contributed by atoms with Crippen LogP contribution in [0.5, 0.6) is 11.5 Å². The van der Waals surface area contributed by atoms with Gasteiger partial charge in [0.25, 0.3) is 0 Å². The standard InChI is InChI=1S/C16H13N3O6/c20-14-5-13(25-9-15(14)21)7-19-6-11(17-18-19)8-24-12-3-1-10(2-4-12)16(22)23/h1-6,9,21H,7-8H2,(H,22,23). The maximum Gasteiger partial charge on any atom is 0.335 e. The van der Waals surface area contributed by atoms with Gasteiger partial charge in [0, 0.05) is 6.07 Å². The highest BCUT2D eigenvalue weighted by Crippen LogP contribution is 2.14. The molecular formula is C16H13N3O6. The number of carbonyl (C=O) groups is 1. The monoisotopic (exact) mass is 343 g/mol. The lowest BCUT2D eigenvalue weighted by molar-refractivity contribution is 0.0697. The van der Waals surface area contributed by atoms with Gasteiger partial charge in [0.15, 0.2) is 5.75 Å². The Hall–Kier alpha value is -3.62. The molecule has 9 nitrogen and oxygen atoms in total. The highest BCUT2D eigenvalue weighted by Gasteiger charge is 2.07. The third-order valence-corrected chi connectivity index (χ3v) is 3.26. The molecule has 0 aliphatic heterocycles. The molecule has 0 saturated carbocycles.